The second kappa shape index (κ2) is 8.66. The fraction of sp³-hybridized carbons (Fsp3) is 0.417. The fourth-order valence-electron chi connectivity index (χ4n) is 4.01. The molecule has 138 valence electrons. The van der Waals surface area contributed by atoms with E-state index in [1.54, 1.807) is 0 Å². The molecule has 2 aromatic rings. The van der Waals surface area contributed by atoms with E-state index in [9.17, 15) is 0 Å². The van der Waals surface area contributed by atoms with Crippen LogP contribution in [0.1, 0.15) is 50.9 Å². The van der Waals surface area contributed by atoms with Crippen LogP contribution in [-0.4, -0.2) is 12.1 Å². The minimum atomic E-state index is 0.332. The highest BCUT2D eigenvalue weighted by Gasteiger charge is 2.34. The van der Waals surface area contributed by atoms with Crippen molar-refractivity contribution in [2.24, 2.45) is 11.8 Å². The summed E-state index contributed by atoms with van der Waals surface area (Å²) < 4.78 is 0. The zero-order chi connectivity index (χ0) is 18.5. The molecule has 1 aliphatic carbocycles. The smallest absolute Gasteiger partial charge is 0.0295 e. The number of benzene rings is 2. The van der Waals surface area contributed by atoms with Crippen LogP contribution in [0, 0.1) is 11.8 Å². The van der Waals surface area contributed by atoms with Crippen molar-refractivity contribution in [2.75, 3.05) is 0 Å². The van der Waals surface area contributed by atoms with E-state index in [1.807, 2.05) is 0 Å². The van der Waals surface area contributed by atoms with Crippen LogP contribution < -0.4 is 10.6 Å². The van der Waals surface area contributed by atoms with Crippen LogP contribution in [0.3, 0.4) is 0 Å². The molecule has 0 radical (unpaired) electrons. The minimum absolute atomic E-state index is 0.332. The second-order valence-corrected chi connectivity index (χ2v) is 7.75. The van der Waals surface area contributed by atoms with Crippen LogP contribution in [0.15, 0.2) is 72.8 Å². The minimum Gasteiger partial charge on any atom is -0.305 e. The molecule has 0 bridgehead atoms. The number of hydrogen-bond donors (Lipinski definition) is 2. The lowest BCUT2D eigenvalue weighted by Gasteiger charge is -2.41. The number of hydrogen-bond acceptors (Lipinski definition) is 2. The van der Waals surface area contributed by atoms with E-state index in [0.717, 1.165) is 0 Å². The molecule has 2 N–H and O–H groups in total. The highest BCUT2D eigenvalue weighted by Crippen LogP contribution is 2.28. The largest absolute Gasteiger partial charge is 0.305 e. The Hall–Kier alpha value is -1.90. The van der Waals surface area contributed by atoms with Gasteiger partial charge in [-0.05, 0) is 36.8 Å². The molecule has 0 fully saturated rings. The van der Waals surface area contributed by atoms with Crippen LogP contribution in [0.5, 0.6) is 0 Å². The first-order valence-electron chi connectivity index (χ1n) is 9.86. The van der Waals surface area contributed by atoms with Crippen molar-refractivity contribution in [3.63, 3.8) is 0 Å². The van der Waals surface area contributed by atoms with Crippen molar-refractivity contribution in [1.82, 2.24) is 10.6 Å². The summed E-state index contributed by atoms with van der Waals surface area (Å²) >= 11 is 0. The van der Waals surface area contributed by atoms with Gasteiger partial charge in [0.05, 0.1) is 0 Å². The zero-order valence-corrected chi connectivity index (χ0v) is 16.4. The first kappa shape index (κ1) is 18.9. The van der Waals surface area contributed by atoms with Gasteiger partial charge in [0.15, 0.2) is 0 Å². The van der Waals surface area contributed by atoms with E-state index < -0.39 is 0 Å². The predicted molar refractivity (Wildman–Crippen MR) is 111 cm³/mol. The molecule has 6 atom stereocenters. The van der Waals surface area contributed by atoms with Gasteiger partial charge in [0.2, 0.25) is 0 Å². The summed E-state index contributed by atoms with van der Waals surface area (Å²) in [5.74, 6) is 0.996. The highest BCUT2D eigenvalue weighted by molar-refractivity contribution is 5.21. The van der Waals surface area contributed by atoms with Gasteiger partial charge in [-0.25, -0.2) is 0 Å². The molecule has 0 saturated heterocycles. The molecule has 2 heteroatoms. The summed E-state index contributed by atoms with van der Waals surface area (Å²) in [5.41, 5.74) is 2.69. The van der Waals surface area contributed by atoms with Crippen molar-refractivity contribution >= 4 is 0 Å². The molecule has 0 spiro atoms. The third-order valence-corrected chi connectivity index (χ3v) is 5.72. The Kier molecular flexibility index (Phi) is 6.29. The molecule has 2 nitrogen and oxygen atoms in total. The van der Waals surface area contributed by atoms with Crippen LogP contribution in [-0.2, 0) is 0 Å². The van der Waals surface area contributed by atoms with E-state index >= 15 is 0 Å². The molecule has 1 aliphatic rings. The van der Waals surface area contributed by atoms with Gasteiger partial charge >= 0.3 is 0 Å². The van der Waals surface area contributed by atoms with Gasteiger partial charge in [0.1, 0.15) is 0 Å². The third-order valence-electron chi connectivity index (χ3n) is 5.72. The Labute approximate surface area is 158 Å². The summed E-state index contributed by atoms with van der Waals surface area (Å²) in [4.78, 5) is 0. The lowest BCUT2D eigenvalue weighted by atomic mass is 9.80. The molecular formula is C24H32N2. The lowest BCUT2D eigenvalue weighted by Crippen LogP contribution is -2.56. The Morgan fingerprint density at radius 1 is 0.615 bits per heavy atom. The standard InChI is InChI=1S/C24H32N2/c1-17-15-16-18(2)24(26-20(4)22-13-9-6-10-14-22)23(17)25-19(3)21-11-7-5-8-12-21/h5-20,23-26H,1-4H3/t17-,18+,19-,20-,23+,24+/m0/s1. The molecular weight excluding hydrogens is 316 g/mol. The van der Waals surface area contributed by atoms with Crippen molar-refractivity contribution < 1.29 is 0 Å². The Balaban J connectivity index is 1.75. The van der Waals surface area contributed by atoms with Crippen LogP contribution in [0.2, 0.25) is 0 Å². The number of nitrogens with one attached hydrogen (secondary N) is 2. The van der Waals surface area contributed by atoms with Crippen molar-refractivity contribution in [3.8, 4) is 0 Å². The molecule has 26 heavy (non-hydrogen) atoms. The van der Waals surface area contributed by atoms with Crippen LogP contribution in [0.4, 0.5) is 0 Å². The van der Waals surface area contributed by atoms with Gasteiger partial charge in [-0.1, -0.05) is 86.7 Å². The Bertz CT molecular complexity index is 633. The average molecular weight is 349 g/mol. The van der Waals surface area contributed by atoms with E-state index in [1.165, 1.54) is 11.1 Å². The highest BCUT2D eigenvalue weighted by atomic mass is 15.1. The van der Waals surface area contributed by atoms with Crippen LogP contribution in [0.25, 0.3) is 0 Å². The quantitative estimate of drug-likeness (QED) is 0.695. The molecule has 0 aliphatic heterocycles. The summed E-state index contributed by atoms with van der Waals surface area (Å²) in [7, 11) is 0. The molecule has 0 amide bonds. The van der Waals surface area contributed by atoms with Crippen molar-refractivity contribution in [1.29, 1.82) is 0 Å². The first-order valence-corrected chi connectivity index (χ1v) is 9.86. The summed E-state index contributed by atoms with van der Waals surface area (Å²) in [6, 6.07) is 22.9. The molecule has 0 heterocycles. The van der Waals surface area contributed by atoms with Crippen LogP contribution >= 0.6 is 0 Å². The summed E-state index contributed by atoms with van der Waals surface area (Å²) in [5, 5.41) is 7.82. The van der Waals surface area contributed by atoms with E-state index in [-0.39, 0.29) is 0 Å². The van der Waals surface area contributed by atoms with Gasteiger partial charge < -0.3 is 10.6 Å². The van der Waals surface area contributed by atoms with E-state index in [0.29, 0.717) is 36.0 Å². The first-order chi connectivity index (χ1) is 12.6. The van der Waals surface area contributed by atoms with Crippen molar-refractivity contribution in [2.45, 2.75) is 51.9 Å². The zero-order valence-electron chi connectivity index (χ0n) is 16.4. The molecule has 2 aromatic carbocycles. The van der Waals surface area contributed by atoms with E-state index in [2.05, 4.69) is 111 Å². The maximum Gasteiger partial charge on any atom is 0.0295 e. The third kappa shape index (κ3) is 4.44. The maximum absolute atomic E-state index is 3.91. The summed E-state index contributed by atoms with van der Waals surface area (Å²) in [6.07, 6.45) is 4.73. The second-order valence-electron chi connectivity index (χ2n) is 7.75. The van der Waals surface area contributed by atoms with Gasteiger partial charge in [-0.2, -0.15) is 0 Å². The van der Waals surface area contributed by atoms with Gasteiger partial charge in [-0.3, -0.25) is 0 Å². The van der Waals surface area contributed by atoms with Crippen molar-refractivity contribution in [3.05, 3.63) is 83.9 Å². The van der Waals surface area contributed by atoms with E-state index in [4.69, 9.17) is 0 Å². The Morgan fingerprint density at radius 2 is 0.962 bits per heavy atom. The average Bonchev–Trinajstić information content (AvgIpc) is 2.68. The van der Waals surface area contributed by atoms with Gasteiger partial charge in [0, 0.05) is 24.2 Å². The van der Waals surface area contributed by atoms with Gasteiger partial charge in [-0.15, -0.1) is 0 Å². The topological polar surface area (TPSA) is 24.1 Å². The predicted octanol–water partition coefficient (Wildman–Crippen LogP) is 5.27. The lowest BCUT2D eigenvalue weighted by molar-refractivity contribution is 0.233. The van der Waals surface area contributed by atoms with Gasteiger partial charge in [0.25, 0.3) is 0 Å². The number of rotatable bonds is 6. The normalized spacial score (nSPS) is 27.8. The fourth-order valence-corrected chi connectivity index (χ4v) is 4.01. The maximum atomic E-state index is 3.91. The Morgan fingerprint density at radius 3 is 1.31 bits per heavy atom. The molecule has 3 rings (SSSR count). The molecule has 0 unspecified atom stereocenters. The molecule has 0 aromatic heterocycles. The summed E-state index contributed by atoms with van der Waals surface area (Å²) in [6.45, 7) is 9.17. The SMILES string of the molecule is C[C@H](N[C@H]1[C@H](N[C@@H](C)c2ccccc2)[C@@H](C)C=C[C@H]1C)c1ccccc1. The molecule has 0 saturated carbocycles. The monoisotopic (exact) mass is 348 g/mol.